The molecule has 0 aliphatic heterocycles. The predicted octanol–water partition coefficient (Wildman–Crippen LogP) is 4.86. The first-order chi connectivity index (χ1) is 16.0. The minimum Gasteiger partial charge on any atom is -0.497 e. The van der Waals surface area contributed by atoms with Crippen LogP contribution in [0.25, 0.3) is 17.1 Å². The third-order valence-electron chi connectivity index (χ3n) is 4.75. The van der Waals surface area contributed by atoms with Crippen molar-refractivity contribution in [1.29, 1.82) is 0 Å². The lowest BCUT2D eigenvalue weighted by Gasteiger charge is -2.11. The number of thioether (sulfide) groups is 1. The molecule has 33 heavy (non-hydrogen) atoms. The molecule has 7 nitrogen and oxygen atoms in total. The number of ether oxygens (including phenoxy) is 1. The van der Waals surface area contributed by atoms with Gasteiger partial charge in [0, 0.05) is 21.0 Å². The fourth-order valence-electron chi connectivity index (χ4n) is 3.07. The highest BCUT2D eigenvalue weighted by Crippen LogP contribution is 2.29. The first-order valence-electron chi connectivity index (χ1n) is 10.2. The summed E-state index contributed by atoms with van der Waals surface area (Å²) in [5.74, 6) is 1.40. The Balaban J connectivity index is 1.53. The summed E-state index contributed by atoms with van der Waals surface area (Å²) < 4.78 is 7.23. The number of carbonyl (C=O) groups excluding carboxylic acids is 1. The number of hydrogen-bond acceptors (Lipinski definition) is 7. The second kappa shape index (κ2) is 10.5. The minimum absolute atomic E-state index is 0.156. The van der Waals surface area contributed by atoms with Gasteiger partial charge in [0.1, 0.15) is 5.75 Å². The summed E-state index contributed by atoms with van der Waals surface area (Å²) in [7, 11) is 1.63. The number of hydrogen-bond donors (Lipinski definition) is 1. The van der Waals surface area contributed by atoms with Crippen molar-refractivity contribution in [3.8, 4) is 22.8 Å². The van der Waals surface area contributed by atoms with Crippen LogP contribution in [0.4, 0.5) is 0 Å². The van der Waals surface area contributed by atoms with Crippen molar-refractivity contribution < 1.29 is 9.53 Å². The van der Waals surface area contributed by atoms with E-state index in [1.165, 1.54) is 22.2 Å². The van der Waals surface area contributed by atoms with Gasteiger partial charge in [-0.2, -0.15) is 5.10 Å². The monoisotopic (exact) mass is 477 g/mol. The third kappa shape index (κ3) is 5.68. The Kier molecular flexibility index (Phi) is 7.21. The lowest BCUT2D eigenvalue weighted by molar-refractivity contribution is -0.118. The van der Waals surface area contributed by atoms with Gasteiger partial charge in [-0.05, 0) is 50.2 Å². The van der Waals surface area contributed by atoms with Gasteiger partial charge in [0.2, 0.25) is 0 Å². The van der Waals surface area contributed by atoms with E-state index in [2.05, 4.69) is 20.7 Å². The average molecular weight is 478 g/mol. The highest BCUT2D eigenvalue weighted by Gasteiger charge is 2.17. The number of nitrogens with one attached hydrogen (secondary N) is 1. The number of thiophene rings is 1. The molecule has 0 spiro atoms. The number of aromatic nitrogens is 3. The molecule has 0 radical (unpaired) electrons. The summed E-state index contributed by atoms with van der Waals surface area (Å²) in [5, 5.41) is 13.4. The number of amides is 1. The Labute approximate surface area is 200 Å². The minimum atomic E-state index is -0.217. The maximum Gasteiger partial charge on any atom is 0.250 e. The van der Waals surface area contributed by atoms with Crippen molar-refractivity contribution in [1.82, 2.24) is 20.2 Å². The van der Waals surface area contributed by atoms with Crippen molar-refractivity contribution >= 4 is 35.2 Å². The van der Waals surface area contributed by atoms with Crippen LogP contribution in [0.2, 0.25) is 0 Å². The molecular formula is C24H23N5O2S2. The third-order valence-corrected chi connectivity index (χ3v) is 6.61. The number of carbonyl (C=O) groups is 1. The van der Waals surface area contributed by atoms with Gasteiger partial charge in [0.15, 0.2) is 11.0 Å². The maximum absolute atomic E-state index is 12.3. The molecule has 2 aromatic carbocycles. The van der Waals surface area contributed by atoms with E-state index in [0.717, 1.165) is 21.9 Å². The number of methoxy groups -OCH3 is 1. The largest absolute Gasteiger partial charge is 0.497 e. The van der Waals surface area contributed by atoms with E-state index in [1.54, 1.807) is 24.7 Å². The lowest BCUT2D eigenvalue weighted by Crippen LogP contribution is -2.19. The second-order valence-electron chi connectivity index (χ2n) is 7.24. The van der Waals surface area contributed by atoms with Crippen LogP contribution in [0.1, 0.15) is 15.3 Å². The van der Waals surface area contributed by atoms with Gasteiger partial charge in [-0.25, -0.2) is 5.43 Å². The quantitative estimate of drug-likeness (QED) is 0.223. The van der Waals surface area contributed by atoms with Crippen molar-refractivity contribution in [2.45, 2.75) is 19.0 Å². The molecule has 2 aromatic heterocycles. The Morgan fingerprint density at radius 1 is 1.09 bits per heavy atom. The molecule has 1 amide bonds. The molecule has 0 fully saturated rings. The lowest BCUT2D eigenvalue weighted by atomic mass is 10.1. The summed E-state index contributed by atoms with van der Waals surface area (Å²) in [6, 6.07) is 19.7. The zero-order valence-corrected chi connectivity index (χ0v) is 20.1. The average Bonchev–Trinajstić information content (AvgIpc) is 3.44. The smallest absolute Gasteiger partial charge is 0.250 e. The molecule has 0 saturated heterocycles. The molecular weight excluding hydrogens is 454 g/mol. The van der Waals surface area contributed by atoms with Gasteiger partial charge in [-0.3, -0.25) is 9.36 Å². The van der Waals surface area contributed by atoms with Crippen LogP contribution in [-0.2, 0) is 4.79 Å². The number of hydrazone groups is 1. The van der Waals surface area contributed by atoms with Crippen LogP contribution >= 0.6 is 23.1 Å². The normalized spacial score (nSPS) is 11.1. The molecule has 1 N–H and O–H groups in total. The number of benzene rings is 2. The maximum atomic E-state index is 12.3. The van der Waals surface area contributed by atoms with Crippen LogP contribution in [-0.4, -0.2) is 39.7 Å². The Bertz CT molecular complexity index is 1260. The Hall–Kier alpha value is -3.43. The van der Waals surface area contributed by atoms with Crippen molar-refractivity contribution in [2.75, 3.05) is 12.9 Å². The topological polar surface area (TPSA) is 81.4 Å². The molecule has 4 aromatic rings. The molecule has 0 aliphatic rings. The van der Waals surface area contributed by atoms with Crippen molar-refractivity contribution in [3.05, 3.63) is 76.0 Å². The van der Waals surface area contributed by atoms with Crippen LogP contribution in [0.5, 0.6) is 5.75 Å². The SMILES string of the molecule is COc1ccc(-n2c(SCC(=O)NN=Cc3ccc(C)s3)nnc2-c2ccc(C)cc2)cc1. The molecule has 2 heterocycles. The molecule has 0 saturated carbocycles. The highest BCUT2D eigenvalue weighted by atomic mass is 32.2. The molecule has 168 valence electrons. The molecule has 9 heteroatoms. The molecule has 0 atom stereocenters. The van der Waals surface area contributed by atoms with Crippen molar-refractivity contribution in [2.24, 2.45) is 5.10 Å². The van der Waals surface area contributed by atoms with Gasteiger partial charge in [0.25, 0.3) is 5.91 Å². The zero-order valence-electron chi connectivity index (χ0n) is 18.5. The Morgan fingerprint density at radius 3 is 2.52 bits per heavy atom. The van der Waals surface area contributed by atoms with Crippen LogP contribution in [0.3, 0.4) is 0 Å². The molecule has 4 rings (SSSR count). The van der Waals surface area contributed by atoms with E-state index in [1.807, 2.05) is 79.1 Å². The molecule has 0 unspecified atom stereocenters. The number of nitrogens with zero attached hydrogens (tertiary/aromatic N) is 4. The number of rotatable bonds is 8. The van der Waals surface area contributed by atoms with E-state index >= 15 is 0 Å². The van der Waals surface area contributed by atoms with Crippen molar-refractivity contribution in [3.63, 3.8) is 0 Å². The Morgan fingerprint density at radius 2 is 1.85 bits per heavy atom. The van der Waals surface area contributed by atoms with E-state index < -0.39 is 0 Å². The zero-order chi connectivity index (χ0) is 23.2. The standard InChI is InChI=1S/C24H23N5O2S2/c1-16-4-7-18(8-5-16)23-27-28-24(29(23)19-9-11-20(31-3)12-10-19)32-15-22(30)26-25-14-21-13-6-17(2)33-21/h4-14H,15H2,1-3H3,(H,26,30). The molecule has 0 bridgehead atoms. The van der Waals surface area contributed by atoms with Gasteiger partial charge < -0.3 is 4.74 Å². The van der Waals surface area contributed by atoms with Gasteiger partial charge in [-0.15, -0.1) is 21.5 Å². The fourth-order valence-corrected chi connectivity index (χ4v) is 4.56. The first kappa shape index (κ1) is 22.8. The van der Waals surface area contributed by atoms with Crippen LogP contribution < -0.4 is 10.2 Å². The highest BCUT2D eigenvalue weighted by molar-refractivity contribution is 7.99. The summed E-state index contributed by atoms with van der Waals surface area (Å²) in [6.07, 6.45) is 1.65. The van der Waals surface area contributed by atoms with E-state index in [4.69, 9.17) is 4.74 Å². The predicted molar refractivity (Wildman–Crippen MR) is 134 cm³/mol. The van der Waals surface area contributed by atoms with Gasteiger partial charge in [0.05, 0.1) is 19.1 Å². The van der Waals surface area contributed by atoms with Gasteiger partial charge in [-0.1, -0.05) is 41.6 Å². The fraction of sp³-hybridized carbons (Fsp3) is 0.167. The van der Waals surface area contributed by atoms with Crippen LogP contribution in [0, 0.1) is 13.8 Å². The van der Waals surface area contributed by atoms with Gasteiger partial charge >= 0.3 is 0 Å². The number of aryl methyl sites for hydroxylation is 2. The van der Waals surface area contributed by atoms with E-state index in [0.29, 0.717) is 11.0 Å². The second-order valence-corrected chi connectivity index (χ2v) is 9.50. The summed E-state index contributed by atoms with van der Waals surface area (Å²) in [5.41, 5.74) is 5.56. The summed E-state index contributed by atoms with van der Waals surface area (Å²) in [4.78, 5) is 14.5. The van der Waals surface area contributed by atoms with Crippen LogP contribution in [0.15, 0.2) is 70.9 Å². The summed E-state index contributed by atoms with van der Waals surface area (Å²) >= 11 is 2.92. The van der Waals surface area contributed by atoms with E-state index in [9.17, 15) is 4.79 Å². The first-order valence-corrected chi connectivity index (χ1v) is 12.0. The summed E-state index contributed by atoms with van der Waals surface area (Å²) in [6.45, 7) is 4.07. The van der Waals surface area contributed by atoms with E-state index in [-0.39, 0.29) is 11.7 Å². The molecule has 0 aliphatic carbocycles.